The van der Waals surface area contributed by atoms with Crippen LogP contribution in [0.15, 0.2) is 36.8 Å². The van der Waals surface area contributed by atoms with E-state index in [1.165, 1.54) is 19.9 Å². The maximum absolute atomic E-state index is 12.2. The highest BCUT2D eigenvalue weighted by Gasteiger charge is 2.24. The summed E-state index contributed by atoms with van der Waals surface area (Å²) >= 11 is 0. The van der Waals surface area contributed by atoms with Crippen LogP contribution in [-0.4, -0.2) is 31.0 Å². The van der Waals surface area contributed by atoms with Gasteiger partial charge in [-0.15, -0.1) is 0 Å². The van der Waals surface area contributed by atoms with E-state index >= 15 is 0 Å². The molecule has 0 spiro atoms. The number of H-pyrrole nitrogens is 1. The van der Waals surface area contributed by atoms with Crippen molar-refractivity contribution in [2.45, 2.75) is 18.7 Å². The summed E-state index contributed by atoms with van der Waals surface area (Å²) in [6.45, 7) is 2.47. The fourth-order valence-corrected chi connectivity index (χ4v) is 3.63. The Morgan fingerprint density at radius 1 is 1.32 bits per heavy atom. The molecule has 2 heterocycles. The molecule has 0 saturated heterocycles. The topological polar surface area (TPSA) is 147 Å². The number of sulfonamides is 1. The molecule has 0 aliphatic carbocycles. The first-order chi connectivity index (χ1) is 11.8. The molecule has 0 fully saturated rings. The third-order valence-corrected chi connectivity index (χ3v) is 5.01. The number of fused-ring (bicyclic) bond motifs is 1. The van der Waals surface area contributed by atoms with Crippen LogP contribution in [0.2, 0.25) is 0 Å². The van der Waals surface area contributed by atoms with Gasteiger partial charge in [0.15, 0.2) is 11.3 Å². The molecule has 132 valence electrons. The second-order valence-corrected chi connectivity index (χ2v) is 6.96. The van der Waals surface area contributed by atoms with Crippen LogP contribution in [-0.2, 0) is 14.8 Å². The summed E-state index contributed by atoms with van der Waals surface area (Å²) in [4.78, 5) is 25.4. The van der Waals surface area contributed by atoms with Crippen LogP contribution >= 0.6 is 0 Å². The van der Waals surface area contributed by atoms with Gasteiger partial charge in [-0.05, 0) is 26.0 Å². The molecule has 0 aliphatic heterocycles. The Morgan fingerprint density at radius 2 is 2.08 bits per heavy atom. The van der Waals surface area contributed by atoms with Crippen molar-refractivity contribution in [1.29, 1.82) is 0 Å². The SMILES string of the molecule is Cc1noc(C)c1S(=O)(=O)NCC(=O)Nc1ccc2[nH]c(=O)oc2c1. The first kappa shape index (κ1) is 16.9. The number of hydrogen-bond donors (Lipinski definition) is 3. The van der Waals surface area contributed by atoms with E-state index in [1.54, 1.807) is 12.1 Å². The Balaban J connectivity index is 1.68. The molecule has 25 heavy (non-hydrogen) atoms. The van der Waals surface area contributed by atoms with E-state index in [-0.39, 0.29) is 21.9 Å². The molecule has 0 aliphatic rings. The Bertz CT molecular complexity index is 1090. The van der Waals surface area contributed by atoms with Crippen molar-refractivity contribution >= 4 is 32.7 Å². The van der Waals surface area contributed by atoms with Gasteiger partial charge in [-0.3, -0.25) is 9.78 Å². The van der Waals surface area contributed by atoms with Gasteiger partial charge < -0.3 is 14.3 Å². The molecular formula is C14H14N4O6S. The van der Waals surface area contributed by atoms with Gasteiger partial charge in [-0.2, -0.15) is 0 Å². The van der Waals surface area contributed by atoms with Crippen molar-refractivity contribution in [2.24, 2.45) is 0 Å². The van der Waals surface area contributed by atoms with E-state index < -0.39 is 28.2 Å². The number of aromatic amines is 1. The van der Waals surface area contributed by atoms with Crippen molar-refractivity contribution in [3.63, 3.8) is 0 Å². The molecule has 0 bridgehead atoms. The van der Waals surface area contributed by atoms with Crippen LogP contribution in [0.25, 0.3) is 11.1 Å². The van der Waals surface area contributed by atoms with E-state index in [2.05, 4.69) is 20.2 Å². The van der Waals surface area contributed by atoms with E-state index in [4.69, 9.17) is 8.94 Å². The quantitative estimate of drug-likeness (QED) is 0.600. The monoisotopic (exact) mass is 366 g/mol. The predicted molar refractivity (Wildman–Crippen MR) is 86.6 cm³/mol. The Hall–Kier alpha value is -2.92. The van der Waals surface area contributed by atoms with Gasteiger partial charge in [0.05, 0.1) is 12.1 Å². The number of benzene rings is 1. The van der Waals surface area contributed by atoms with Crippen LogP contribution in [0.5, 0.6) is 0 Å². The highest BCUT2D eigenvalue weighted by Crippen LogP contribution is 2.19. The summed E-state index contributed by atoms with van der Waals surface area (Å²) in [6.07, 6.45) is 0. The number of amides is 1. The number of rotatable bonds is 5. The van der Waals surface area contributed by atoms with Gasteiger partial charge in [-0.1, -0.05) is 5.16 Å². The van der Waals surface area contributed by atoms with Crippen molar-refractivity contribution in [3.05, 3.63) is 40.2 Å². The summed E-state index contributed by atoms with van der Waals surface area (Å²) in [5.74, 6) is -1.06. The maximum Gasteiger partial charge on any atom is 0.417 e. The number of aromatic nitrogens is 2. The number of carbonyl (C=O) groups is 1. The highest BCUT2D eigenvalue weighted by molar-refractivity contribution is 7.89. The minimum absolute atomic E-state index is 0.0872. The minimum atomic E-state index is -3.93. The number of nitrogens with zero attached hydrogens (tertiary/aromatic N) is 1. The summed E-state index contributed by atoms with van der Waals surface area (Å²) in [6, 6.07) is 4.56. The van der Waals surface area contributed by atoms with Crippen LogP contribution < -0.4 is 15.8 Å². The van der Waals surface area contributed by atoms with Crippen LogP contribution in [0.4, 0.5) is 5.69 Å². The van der Waals surface area contributed by atoms with Gasteiger partial charge >= 0.3 is 5.76 Å². The zero-order chi connectivity index (χ0) is 18.2. The molecule has 0 atom stereocenters. The van der Waals surface area contributed by atoms with E-state index in [9.17, 15) is 18.0 Å². The fourth-order valence-electron chi connectivity index (χ4n) is 2.32. The van der Waals surface area contributed by atoms with Gasteiger partial charge in [0.1, 0.15) is 10.6 Å². The lowest BCUT2D eigenvalue weighted by molar-refractivity contribution is -0.115. The van der Waals surface area contributed by atoms with E-state index in [0.717, 1.165) is 0 Å². The molecule has 0 radical (unpaired) electrons. The summed E-state index contributed by atoms with van der Waals surface area (Å²) in [7, 11) is -3.93. The average Bonchev–Trinajstić information content (AvgIpc) is 3.06. The summed E-state index contributed by atoms with van der Waals surface area (Å²) in [5, 5.41) is 6.08. The smallest absolute Gasteiger partial charge is 0.408 e. The Kier molecular flexibility index (Phi) is 4.18. The molecular weight excluding hydrogens is 352 g/mol. The lowest BCUT2D eigenvalue weighted by Gasteiger charge is -2.07. The molecule has 3 aromatic rings. The van der Waals surface area contributed by atoms with Crippen LogP contribution in [0.3, 0.4) is 0 Å². The van der Waals surface area contributed by atoms with Gasteiger partial charge in [0.2, 0.25) is 15.9 Å². The molecule has 1 amide bonds. The maximum atomic E-state index is 12.2. The lowest BCUT2D eigenvalue weighted by atomic mass is 10.3. The zero-order valence-corrected chi connectivity index (χ0v) is 14.1. The molecule has 0 unspecified atom stereocenters. The van der Waals surface area contributed by atoms with Crippen molar-refractivity contribution in [2.75, 3.05) is 11.9 Å². The Labute approximate surface area is 141 Å². The number of anilines is 1. The lowest BCUT2D eigenvalue weighted by Crippen LogP contribution is -2.33. The molecule has 3 rings (SSSR count). The summed E-state index contributed by atoms with van der Waals surface area (Å²) < 4.78 is 36.3. The molecule has 10 nitrogen and oxygen atoms in total. The second-order valence-electron chi connectivity index (χ2n) is 5.25. The molecule has 11 heteroatoms. The van der Waals surface area contributed by atoms with Gasteiger partial charge in [-0.25, -0.2) is 17.9 Å². The van der Waals surface area contributed by atoms with Gasteiger partial charge in [0.25, 0.3) is 0 Å². The first-order valence-electron chi connectivity index (χ1n) is 7.11. The average molecular weight is 366 g/mol. The fraction of sp³-hybridized carbons (Fsp3) is 0.214. The van der Waals surface area contributed by atoms with Crippen molar-refractivity contribution < 1.29 is 22.2 Å². The molecule has 0 saturated carbocycles. The molecule has 3 N–H and O–H groups in total. The minimum Gasteiger partial charge on any atom is -0.408 e. The van der Waals surface area contributed by atoms with E-state index in [1.807, 2.05) is 0 Å². The number of oxazole rings is 1. The Morgan fingerprint density at radius 3 is 2.76 bits per heavy atom. The standard InChI is InChI=1S/C14H14N4O6S/c1-7-13(8(2)24-18-7)25(21,22)15-6-12(19)16-9-3-4-10-11(5-9)23-14(20)17-10/h3-5,15H,6H2,1-2H3,(H,16,19)(H,17,20). The number of hydrogen-bond acceptors (Lipinski definition) is 7. The second kappa shape index (κ2) is 6.18. The molecule has 1 aromatic carbocycles. The molecule has 2 aromatic heterocycles. The number of carbonyl (C=O) groups excluding carboxylic acids is 1. The van der Waals surface area contributed by atoms with Crippen LogP contribution in [0.1, 0.15) is 11.5 Å². The van der Waals surface area contributed by atoms with Crippen LogP contribution in [0, 0.1) is 13.8 Å². The highest BCUT2D eigenvalue weighted by atomic mass is 32.2. The number of aryl methyl sites for hydroxylation is 2. The van der Waals surface area contributed by atoms with Crippen molar-refractivity contribution in [3.8, 4) is 0 Å². The third kappa shape index (κ3) is 3.46. The normalized spacial score (nSPS) is 11.8. The van der Waals surface area contributed by atoms with Crippen molar-refractivity contribution in [1.82, 2.24) is 14.9 Å². The number of nitrogens with one attached hydrogen (secondary N) is 3. The largest absolute Gasteiger partial charge is 0.417 e. The first-order valence-corrected chi connectivity index (χ1v) is 8.60. The van der Waals surface area contributed by atoms with E-state index in [0.29, 0.717) is 11.2 Å². The summed E-state index contributed by atoms with van der Waals surface area (Å²) in [5.41, 5.74) is 1.33. The predicted octanol–water partition coefficient (Wildman–Crippen LogP) is 0.643. The zero-order valence-electron chi connectivity index (χ0n) is 13.2. The third-order valence-electron chi connectivity index (χ3n) is 3.36. The van der Waals surface area contributed by atoms with Gasteiger partial charge in [0, 0.05) is 11.8 Å².